The number of ether oxygens (including phenoxy) is 1. The van der Waals surface area contributed by atoms with Gasteiger partial charge in [-0.05, 0) is 0 Å². The number of aliphatic hydroxyl groups is 4. The molecule has 5 unspecified atom stereocenters. The van der Waals surface area contributed by atoms with Gasteiger partial charge in [0.05, 0.1) is 13.7 Å². The van der Waals surface area contributed by atoms with Crippen LogP contribution in [0.25, 0.3) is 0 Å². The average Bonchev–Trinajstić information content (AvgIpc) is 2.12. The second kappa shape index (κ2) is 4.32. The van der Waals surface area contributed by atoms with E-state index >= 15 is 0 Å². The van der Waals surface area contributed by atoms with E-state index in [1.54, 1.807) is 12.4 Å². The van der Waals surface area contributed by atoms with Crippen LogP contribution >= 0.6 is 0 Å². The van der Waals surface area contributed by atoms with E-state index in [0.717, 1.165) is 0 Å². The highest BCUT2D eigenvalue weighted by Gasteiger charge is 2.45. The van der Waals surface area contributed by atoms with Crippen molar-refractivity contribution in [2.75, 3.05) is 13.7 Å². The van der Waals surface area contributed by atoms with Gasteiger partial charge in [0, 0.05) is 0 Å². The molecule has 1 fully saturated rings. The summed E-state index contributed by atoms with van der Waals surface area (Å²) in [6, 6.07) is -0.613. The molecule has 0 spiro atoms. The lowest BCUT2D eigenvalue weighted by Gasteiger charge is -2.37. The Hall–Kier alpha value is -0.240. The average molecular weight is 194 g/mol. The third-order valence-corrected chi connectivity index (χ3v) is 2.33. The fourth-order valence-corrected chi connectivity index (χ4v) is 1.48. The summed E-state index contributed by atoms with van der Waals surface area (Å²) in [5, 5.41) is 38.5. The largest absolute Gasteiger partial charge is 0.394 e. The number of quaternary nitrogens is 1. The molecule has 1 heterocycles. The first-order valence-corrected chi connectivity index (χ1v) is 4.21. The zero-order chi connectivity index (χ0) is 10.0. The van der Waals surface area contributed by atoms with Crippen molar-refractivity contribution in [2.24, 2.45) is 0 Å². The monoisotopic (exact) mass is 194 g/mol. The zero-order valence-electron chi connectivity index (χ0n) is 7.37. The summed E-state index contributed by atoms with van der Waals surface area (Å²) >= 11 is 0. The van der Waals surface area contributed by atoms with E-state index < -0.39 is 37.3 Å². The molecule has 6 heteroatoms. The third kappa shape index (κ3) is 1.98. The summed E-state index contributed by atoms with van der Waals surface area (Å²) in [5.41, 5.74) is 0. The number of aliphatic hydroxyl groups excluding tert-OH is 4. The number of rotatable bonds is 2. The minimum Gasteiger partial charge on any atom is -0.394 e. The van der Waals surface area contributed by atoms with Gasteiger partial charge in [0.2, 0.25) is 6.29 Å². The molecule has 6 nitrogen and oxygen atoms in total. The molecule has 13 heavy (non-hydrogen) atoms. The molecule has 0 bridgehead atoms. The SMILES string of the molecule is C[NH2+]C1C(O)OC(CO)C(O)C1O. The van der Waals surface area contributed by atoms with Gasteiger partial charge < -0.3 is 30.5 Å². The maximum absolute atomic E-state index is 9.48. The first-order valence-electron chi connectivity index (χ1n) is 4.21. The summed E-state index contributed by atoms with van der Waals surface area (Å²) in [6.07, 6.45) is -4.33. The van der Waals surface area contributed by atoms with Gasteiger partial charge in [0.1, 0.15) is 18.3 Å². The minimum atomic E-state index is -1.17. The molecule has 0 aromatic rings. The molecule has 78 valence electrons. The highest BCUT2D eigenvalue weighted by molar-refractivity contribution is 4.87. The Morgan fingerprint density at radius 1 is 1.23 bits per heavy atom. The molecule has 1 saturated heterocycles. The second-order valence-corrected chi connectivity index (χ2v) is 3.14. The van der Waals surface area contributed by atoms with Crippen LogP contribution < -0.4 is 5.32 Å². The Kier molecular flexibility index (Phi) is 3.60. The molecule has 0 amide bonds. The first-order chi connectivity index (χ1) is 6.11. The molecule has 6 N–H and O–H groups in total. The molecule has 0 radical (unpaired) electrons. The number of likely N-dealkylation sites (N-methyl/N-ethyl adjacent to an activating group) is 1. The van der Waals surface area contributed by atoms with Gasteiger partial charge in [-0.2, -0.15) is 0 Å². The Labute approximate surface area is 75.8 Å². The first kappa shape index (κ1) is 10.8. The van der Waals surface area contributed by atoms with Crippen molar-refractivity contribution in [3.05, 3.63) is 0 Å². The summed E-state index contributed by atoms with van der Waals surface area (Å²) in [6.45, 7) is -0.425. The molecule has 0 aromatic carbocycles. The fourth-order valence-electron chi connectivity index (χ4n) is 1.48. The Balaban J connectivity index is 2.66. The van der Waals surface area contributed by atoms with E-state index in [-0.39, 0.29) is 0 Å². The van der Waals surface area contributed by atoms with Crippen LogP contribution in [-0.2, 0) is 4.74 Å². The van der Waals surface area contributed by atoms with E-state index in [1.807, 2.05) is 0 Å². The smallest absolute Gasteiger partial charge is 0.211 e. The van der Waals surface area contributed by atoms with Gasteiger partial charge in [-0.3, -0.25) is 0 Å². The summed E-state index contributed by atoms with van der Waals surface area (Å²) in [5.74, 6) is 0. The lowest BCUT2D eigenvalue weighted by Crippen LogP contribution is -2.94. The number of nitrogens with two attached hydrogens (primary N) is 1. The maximum atomic E-state index is 9.48. The zero-order valence-corrected chi connectivity index (χ0v) is 7.37. The van der Waals surface area contributed by atoms with Crippen molar-refractivity contribution in [3.63, 3.8) is 0 Å². The van der Waals surface area contributed by atoms with E-state index in [2.05, 4.69) is 0 Å². The number of hydrogen-bond acceptors (Lipinski definition) is 5. The Bertz CT molecular complexity index is 167. The van der Waals surface area contributed by atoms with Gasteiger partial charge in [0.25, 0.3) is 0 Å². The van der Waals surface area contributed by atoms with E-state index in [0.29, 0.717) is 0 Å². The topological polar surface area (TPSA) is 107 Å². The predicted octanol–water partition coefficient (Wildman–Crippen LogP) is -4.02. The molecule has 1 aliphatic rings. The lowest BCUT2D eigenvalue weighted by atomic mass is 9.97. The molecular formula is C7H16NO5+. The van der Waals surface area contributed by atoms with Crippen molar-refractivity contribution in [2.45, 2.75) is 30.6 Å². The molecule has 0 aliphatic carbocycles. The molecule has 1 rings (SSSR count). The summed E-state index contributed by atoms with van der Waals surface area (Å²) < 4.78 is 4.89. The molecular weight excluding hydrogens is 178 g/mol. The van der Waals surface area contributed by atoms with E-state index in [9.17, 15) is 15.3 Å². The Morgan fingerprint density at radius 2 is 1.85 bits per heavy atom. The van der Waals surface area contributed by atoms with Crippen LogP contribution in [0.5, 0.6) is 0 Å². The fraction of sp³-hybridized carbons (Fsp3) is 1.00. The van der Waals surface area contributed by atoms with Gasteiger partial charge in [-0.15, -0.1) is 0 Å². The quantitative estimate of drug-likeness (QED) is 0.308. The third-order valence-electron chi connectivity index (χ3n) is 2.33. The Morgan fingerprint density at radius 3 is 2.31 bits per heavy atom. The van der Waals surface area contributed by atoms with Crippen molar-refractivity contribution >= 4 is 0 Å². The van der Waals surface area contributed by atoms with Gasteiger partial charge in [0.15, 0.2) is 6.04 Å². The summed E-state index contributed by atoms with van der Waals surface area (Å²) in [4.78, 5) is 0. The van der Waals surface area contributed by atoms with Crippen LogP contribution in [0.3, 0.4) is 0 Å². The van der Waals surface area contributed by atoms with Crippen LogP contribution in [0.1, 0.15) is 0 Å². The van der Waals surface area contributed by atoms with Crippen LogP contribution in [-0.4, -0.2) is 64.7 Å². The normalized spacial score (nSPS) is 46.4. The van der Waals surface area contributed by atoms with Gasteiger partial charge in [-0.1, -0.05) is 0 Å². The van der Waals surface area contributed by atoms with Crippen molar-refractivity contribution in [3.8, 4) is 0 Å². The van der Waals surface area contributed by atoms with Crippen molar-refractivity contribution < 1.29 is 30.5 Å². The predicted molar refractivity (Wildman–Crippen MR) is 41.6 cm³/mol. The number of hydrogen-bond donors (Lipinski definition) is 5. The standard InChI is InChI=1S/C7H15NO5/c1-8-4-6(11)5(10)3(2-9)13-7(4)12/h3-12H,2H2,1H3/p+1. The van der Waals surface area contributed by atoms with Crippen molar-refractivity contribution in [1.82, 2.24) is 0 Å². The maximum Gasteiger partial charge on any atom is 0.211 e. The van der Waals surface area contributed by atoms with Crippen molar-refractivity contribution in [1.29, 1.82) is 0 Å². The molecule has 0 aromatic heterocycles. The highest BCUT2D eigenvalue weighted by atomic mass is 16.6. The lowest BCUT2D eigenvalue weighted by molar-refractivity contribution is -0.694. The highest BCUT2D eigenvalue weighted by Crippen LogP contribution is 2.17. The van der Waals surface area contributed by atoms with E-state index in [4.69, 9.17) is 9.84 Å². The van der Waals surface area contributed by atoms with Crippen LogP contribution in [0, 0.1) is 0 Å². The molecule has 5 atom stereocenters. The second-order valence-electron chi connectivity index (χ2n) is 3.14. The van der Waals surface area contributed by atoms with Gasteiger partial charge in [-0.25, -0.2) is 0 Å². The van der Waals surface area contributed by atoms with E-state index in [1.165, 1.54) is 0 Å². The van der Waals surface area contributed by atoms with Crippen LogP contribution in [0.2, 0.25) is 0 Å². The van der Waals surface area contributed by atoms with Crippen LogP contribution in [0.4, 0.5) is 0 Å². The van der Waals surface area contributed by atoms with Crippen LogP contribution in [0.15, 0.2) is 0 Å². The molecule has 0 saturated carbocycles. The summed E-state index contributed by atoms with van der Waals surface area (Å²) in [7, 11) is 1.66. The minimum absolute atomic E-state index is 0.425. The molecule has 1 aliphatic heterocycles. The van der Waals surface area contributed by atoms with Gasteiger partial charge >= 0.3 is 0 Å².